The fraction of sp³-hybridized carbons (Fsp3) is 0.250. The zero-order valence-corrected chi connectivity index (χ0v) is 6.53. The van der Waals surface area contributed by atoms with Crippen molar-refractivity contribution in [1.29, 1.82) is 0 Å². The predicted octanol–water partition coefficient (Wildman–Crippen LogP) is 0.745. The number of nitrogens with two attached hydrogens (primary N) is 1. The van der Waals surface area contributed by atoms with E-state index in [1.54, 1.807) is 6.07 Å². The molecule has 0 heterocycles. The minimum absolute atomic E-state index is 0.0516. The molecule has 0 aliphatic heterocycles. The van der Waals surface area contributed by atoms with E-state index in [0.29, 0.717) is 13.0 Å². The number of phenolic OH excluding ortho intramolecular Hbond substituents is 1. The van der Waals surface area contributed by atoms with Crippen molar-refractivity contribution in [3.63, 3.8) is 0 Å². The lowest BCUT2D eigenvalue weighted by Crippen LogP contribution is -2.02. The van der Waals surface area contributed by atoms with Gasteiger partial charge in [0.05, 0.1) is 0 Å². The van der Waals surface area contributed by atoms with Crippen LogP contribution >= 0.6 is 0 Å². The predicted molar refractivity (Wildman–Crippen MR) is 44.1 cm³/mol. The van der Waals surface area contributed by atoms with Gasteiger partial charge in [-0.2, -0.15) is 0 Å². The van der Waals surface area contributed by atoms with Crippen molar-refractivity contribution in [1.82, 2.24) is 0 Å². The number of aromatic hydroxyl groups is 1. The molecule has 1 aromatic rings. The lowest BCUT2D eigenvalue weighted by molar-refractivity contribution is -0.139. The highest BCUT2D eigenvalue weighted by Gasteiger charge is 2.02. The van der Waals surface area contributed by atoms with Crippen LogP contribution in [0, 0.1) is 0 Å². The van der Waals surface area contributed by atoms with Gasteiger partial charge in [0.15, 0.2) is 5.75 Å². The van der Waals surface area contributed by atoms with Crippen molar-refractivity contribution >= 4 is 0 Å². The molecule has 1 aromatic carbocycles. The molecule has 4 nitrogen and oxygen atoms in total. The molecule has 0 aliphatic rings. The van der Waals surface area contributed by atoms with Crippen LogP contribution in [0.1, 0.15) is 5.56 Å². The van der Waals surface area contributed by atoms with Gasteiger partial charge in [0.25, 0.3) is 0 Å². The third-order valence-corrected chi connectivity index (χ3v) is 1.55. The Morgan fingerprint density at radius 3 is 2.67 bits per heavy atom. The fourth-order valence-corrected chi connectivity index (χ4v) is 0.962. The van der Waals surface area contributed by atoms with Gasteiger partial charge >= 0.3 is 0 Å². The number of hydrogen-bond acceptors (Lipinski definition) is 4. The minimum atomic E-state index is -0.0801. The van der Waals surface area contributed by atoms with Gasteiger partial charge in [-0.05, 0) is 30.7 Å². The first-order valence-corrected chi connectivity index (χ1v) is 3.61. The summed E-state index contributed by atoms with van der Waals surface area (Å²) in [5.41, 5.74) is 6.23. The first-order valence-electron chi connectivity index (χ1n) is 3.61. The number of rotatable bonds is 3. The largest absolute Gasteiger partial charge is 0.504 e. The highest BCUT2D eigenvalue weighted by molar-refractivity contribution is 5.41. The van der Waals surface area contributed by atoms with Crippen molar-refractivity contribution in [3.8, 4) is 11.5 Å². The van der Waals surface area contributed by atoms with Crippen LogP contribution in [0.2, 0.25) is 0 Å². The van der Waals surface area contributed by atoms with Crippen LogP contribution in [0.15, 0.2) is 18.2 Å². The molecular formula is C8H11NO3. The third kappa shape index (κ3) is 1.87. The molecule has 0 amide bonds. The number of benzene rings is 1. The Kier molecular flexibility index (Phi) is 2.90. The molecule has 0 atom stereocenters. The van der Waals surface area contributed by atoms with E-state index >= 15 is 0 Å². The van der Waals surface area contributed by atoms with E-state index < -0.39 is 0 Å². The number of phenols is 1. The summed E-state index contributed by atoms with van der Waals surface area (Å²) < 4.78 is 0. The summed E-state index contributed by atoms with van der Waals surface area (Å²) in [7, 11) is 0. The Bertz CT molecular complexity index is 262. The quantitative estimate of drug-likeness (QED) is 0.461. The molecule has 0 aliphatic carbocycles. The summed E-state index contributed by atoms with van der Waals surface area (Å²) in [6.07, 6.45) is 0.694. The molecular weight excluding hydrogens is 158 g/mol. The lowest BCUT2D eigenvalue weighted by Gasteiger charge is -2.02. The third-order valence-electron chi connectivity index (χ3n) is 1.55. The molecule has 0 fully saturated rings. The van der Waals surface area contributed by atoms with Crippen LogP contribution < -0.4 is 10.6 Å². The Morgan fingerprint density at radius 2 is 2.17 bits per heavy atom. The molecule has 0 unspecified atom stereocenters. The standard InChI is InChI=1S/C8H11NO3/c9-4-3-6-1-2-8(12-11)7(10)5-6/h1-2,5,10-11H,3-4,9H2. The van der Waals surface area contributed by atoms with E-state index in [2.05, 4.69) is 4.89 Å². The summed E-state index contributed by atoms with van der Waals surface area (Å²) in [5.74, 6) is -0.0285. The average molecular weight is 169 g/mol. The van der Waals surface area contributed by atoms with Crippen molar-refractivity contribution in [3.05, 3.63) is 23.8 Å². The van der Waals surface area contributed by atoms with Crippen molar-refractivity contribution < 1.29 is 15.3 Å². The second-order valence-electron chi connectivity index (χ2n) is 2.43. The van der Waals surface area contributed by atoms with Gasteiger partial charge < -0.3 is 15.7 Å². The summed E-state index contributed by atoms with van der Waals surface area (Å²) >= 11 is 0. The molecule has 0 spiro atoms. The first-order chi connectivity index (χ1) is 5.77. The SMILES string of the molecule is NCCc1ccc(OO)c(O)c1. The van der Waals surface area contributed by atoms with Gasteiger partial charge in [-0.25, -0.2) is 5.26 Å². The average Bonchev–Trinajstić information content (AvgIpc) is 2.05. The fourth-order valence-electron chi connectivity index (χ4n) is 0.962. The van der Waals surface area contributed by atoms with Crippen LogP contribution in [0.4, 0.5) is 0 Å². The van der Waals surface area contributed by atoms with E-state index in [-0.39, 0.29) is 11.5 Å². The normalized spacial score (nSPS) is 9.83. The van der Waals surface area contributed by atoms with Gasteiger partial charge in [-0.3, -0.25) is 0 Å². The molecule has 1 rings (SSSR count). The maximum atomic E-state index is 9.19. The van der Waals surface area contributed by atoms with Crippen LogP contribution in [-0.4, -0.2) is 16.9 Å². The summed E-state index contributed by atoms with van der Waals surface area (Å²) in [5, 5.41) is 17.4. The molecule has 66 valence electrons. The monoisotopic (exact) mass is 169 g/mol. The molecule has 0 saturated carbocycles. The van der Waals surface area contributed by atoms with Crippen molar-refractivity contribution in [2.45, 2.75) is 6.42 Å². The molecule has 4 N–H and O–H groups in total. The molecule has 4 heteroatoms. The zero-order valence-electron chi connectivity index (χ0n) is 6.53. The van der Waals surface area contributed by atoms with E-state index in [0.717, 1.165) is 5.56 Å². The van der Waals surface area contributed by atoms with E-state index in [1.807, 2.05) is 0 Å². The van der Waals surface area contributed by atoms with Crippen molar-refractivity contribution in [2.75, 3.05) is 6.54 Å². The summed E-state index contributed by atoms with van der Waals surface area (Å²) in [4.78, 5) is 3.90. The van der Waals surface area contributed by atoms with Gasteiger partial charge in [-0.15, -0.1) is 0 Å². The van der Waals surface area contributed by atoms with E-state index in [1.165, 1.54) is 12.1 Å². The topological polar surface area (TPSA) is 75.7 Å². The molecule has 0 bridgehead atoms. The maximum absolute atomic E-state index is 9.19. The molecule has 0 saturated heterocycles. The van der Waals surface area contributed by atoms with Crippen molar-refractivity contribution in [2.24, 2.45) is 5.73 Å². The van der Waals surface area contributed by atoms with Crippen LogP contribution in [-0.2, 0) is 6.42 Å². The molecule has 0 radical (unpaired) electrons. The van der Waals surface area contributed by atoms with E-state index in [4.69, 9.17) is 11.0 Å². The lowest BCUT2D eigenvalue weighted by atomic mass is 10.1. The Balaban J connectivity index is 2.86. The van der Waals surface area contributed by atoms with Crippen LogP contribution in [0.25, 0.3) is 0 Å². The maximum Gasteiger partial charge on any atom is 0.206 e. The Labute approximate surface area is 70.1 Å². The van der Waals surface area contributed by atoms with Gasteiger partial charge in [0, 0.05) is 0 Å². The smallest absolute Gasteiger partial charge is 0.206 e. The zero-order chi connectivity index (χ0) is 8.97. The second kappa shape index (κ2) is 3.94. The Morgan fingerprint density at radius 1 is 1.42 bits per heavy atom. The van der Waals surface area contributed by atoms with Gasteiger partial charge in [-0.1, -0.05) is 6.07 Å². The number of hydrogen-bond donors (Lipinski definition) is 3. The molecule has 12 heavy (non-hydrogen) atoms. The van der Waals surface area contributed by atoms with Crippen LogP contribution in [0.3, 0.4) is 0 Å². The first kappa shape index (κ1) is 8.83. The van der Waals surface area contributed by atoms with Crippen LogP contribution in [0.5, 0.6) is 11.5 Å². The summed E-state index contributed by atoms with van der Waals surface area (Å²) in [6.45, 7) is 0.527. The molecule has 0 aromatic heterocycles. The minimum Gasteiger partial charge on any atom is -0.504 e. The van der Waals surface area contributed by atoms with E-state index in [9.17, 15) is 5.11 Å². The highest BCUT2D eigenvalue weighted by atomic mass is 17.1. The summed E-state index contributed by atoms with van der Waals surface area (Å²) in [6, 6.07) is 4.73. The Hall–Kier alpha value is -1.26. The second-order valence-corrected chi connectivity index (χ2v) is 2.43. The highest BCUT2D eigenvalue weighted by Crippen LogP contribution is 2.25. The van der Waals surface area contributed by atoms with Gasteiger partial charge in [0.2, 0.25) is 5.75 Å². The van der Waals surface area contributed by atoms with Gasteiger partial charge in [0.1, 0.15) is 0 Å².